The first-order valence-electron chi connectivity index (χ1n) is 4.81. The van der Waals surface area contributed by atoms with Crippen molar-refractivity contribution in [1.29, 1.82) is 0 Å². The van der Waals surface area contributed by atoms with Crippen LogP contribution in [0, 0.1) is 5.92 Å². The van der Waals surface area contributed by atoms with Crippen LogP contribution in [0.25, 0.3) is 0 Å². The summed E-state index contributed by atoms with van der Waals surface area (Å²) < 4.78 is 10.9. The number of ether oxygens (including phenoxy) is 1. The van der Waals surface area contributed by atoms with Crippen LogP contribution < -0.4 is 0 Å². The zero-order chi connectivity index (χ0) is 8.55. The van der Waals surface area contributed by atoms with Gasteiger partial charge in [-0.3, -0.25) is 0 Å². The summed E-state index contributed by atoms with van der Waals surface area (Å²) in [6.07, 6.45) is 5.25. The van der Waals surface area contributed by atoms with Crippen LogP contribution in [-0.2, 0) is 9.16 Å². The highest BCUT2D eigenvalue weighted by molar-refractivity contribution is 6.50. The highest BCUT2D eigenvalue weighted by Crippen LogP contribution is 2.41. The molecule has 1 aliphatic carbocycles. The van der Waals surface area contributed by atoms with E-state index in [1.54, 1.807) is 0 Å². The van der Waals surface area contributed by atoms with E-state index < -0.39 is 9.04 Å². The Morgan fingerprint density at radius 2 is 2.25 bits per heavy atom. The molecule has 0 bridgehead atoms. The van der Waals surface area contributed by atoms with Crippen LogP contribution in [0.15, 0.2) is 0 Å². The van der Waals surface area contributed by atoms with Crippen molar-refractivity contribution in [2.75, 3.05) is 7.11 Å². The van der Waals surface area contributed by atoms with Crippen LogP contribution in [-0.4, -0.2) is 28.4 Å². The predicted octanol–water partition coefficient (Wildman–Crippen LogP) is 1.82. The Bertz CT molecular complexity index is 163. The maximum atomic E-state index is 5.49. The predicted molar refractivity (Wildman–Crippen MR) is 49.4 cm³/mol. The number of hydrogen-bond acceptors (Lipinski definition) is 2. The molecule has 0 amide bonds. The smallest absolute Gasteiger partial charge is 0.207 e. The lowest BCUT2D eigenvalue weighted by Gasteiger charge is -2.20. The number of epoxide rings is 1. The summed E-state index contributed by atoms with van der Waals surface area (Å²) in [5.74, 6) is 0.896. The van der Waals surface area contributed by atoms with Gasteiger partial charge in [0.25, 0.3) is 0 Å². The van der Waals surface area contributed by atoms with Crippen LogP contribution in [0.4, 0.5) is 0 Å². The highest BCUT2D eigenvalue weighted by atomic mass is 28.3. The number of rotatable bonds is 3. The van der Waals surface area contributed by atoms with Gasteiger partial charge in [0, 0.05) is 7.11 Å². The molecule has 2 fully saturated rings. The SMILES string of the molecule is CO[Si](C)CC1CCC2OC2C1. The largest absolute Gasteiger partial charge is 0.420 e. The third-order valence-corrected chi connectivity index (χ3v) is 4.89. The fraction of sp³-hybridized carbons (Fsp3) is 1.00. The molecule has 1 aliphatic heterocycles. The molecule has 0 N–H and O–H groups in total. The lowest BCUT2D eigenvalue weighted by Crippen LogP contribution is -2.20. The van der Waals surface area contributed by atoms with Crippen molar-refractivity contribution in [3.63, 3.8) is 0 Å². The van der Waals surface area contributed by atoms with Crippen molar-refractivity contribution in [2.24, 2.45) is 5.92 Å². The van der Waals surface area contributed by atoms with Gasteiger partial charge in [0.15, 0.2) is 0 Å². The first-order chi connectivity index (χ1) is 5.79. The molecule has 1 heterocycles. The average Bonchev–Trinajstić information content (AvgIpc) is 2.82. The lowest BCUT2D eigenvalue weighted by molar-refractivity contribution is 0.360. The van der Waals surface area contributed by atoms with Crippen LogP contribution in [0.3, 0.4) is 0 Å². The Morgan fingerprint density at radius 1 is 1.42 bits per heavy atom. The molecule has 0 aromatic rings. The van der Waals surface area contributed by atoms with E-state index in [0.717, 1.165) is 5.92 Å². The molecule has 2 aliphatic rings. The topological polar surface area (TPSA) is 21.8 Å². The molecule has 0 spiro atoms. The fourth-order valence-electron chi connectivity index (χ4n) is 2.16. The molecule has 12 heavy (non-hydrogen) atoms. The Kier molecular flexibility index (Phi) is 2.53. The van der Waals surface area contributed by atoms with Gasteiger partial charge in [-0.2, -0.15) is 0 Å². The van der Waals surface area contributed by atoms with Crippen molar-refractivity contribution in [2.45, 2.75) is 44.1 Å². The summed E-state index contributed by atoms with van der Waals surface area (Å²) in [6.45, 7) is 2.25. The van der Waals surface area contributed by atoms with Gasteiger partial charge in [-0.05, 0) is 37.8 Å². The van der Waals surface area contributed by atoms with Gasteiger partial charge in [-0.1, -0.05) is 0 Å². The summed E-state index contributed by atoms with van der Waals surface area (Å²) in [6, 6.07) is 1.31. The zero-order valence-electron chi connectivity index (χ0n) is 7.88. The second-order valence-electron chi connectivity index (χ2n) is 4.00. The van der Waals surface area contributed by atoms with Gasteiger partial charge < -0.3 is 9.16 Å². The maximum Gasteiger partial charge on any atom is 0.207 e. The molecule has 0 aromatic carbocycles. The van der Waals surface area contributed by atoms with E-state index in [2.05, 4.69) is 6.55 Å². The maximum absolute atomic E-state index is 5.49. The lowest BCUT2D eigenvalue weighted by atomic mass is 9.91. The zero-order valence-corrected chi connectivity index (χ0v) is 8.88. The fourth-order valence-corrected chi connectivity index (χ4v) is 3.51. The van der Waals surface area contributed by atoms with E-state index >= 15 is 0 Å². The van der Waals surface area contributed by atoms with Crippen molar-refractivity contribution >= 4 is 9.04 Å². The first kappa shape index (κ1) is 8.72. The molecular formula is C9H17O2Si. The van der Waals surface area contributed by atoms with Gasteiger partial charge in [0.1, 0.15) is 0 Å². The second kappa shape index (κ2) is 3.48. The summed E-state index contributed by atoms with van der Waals surface area (Å²) in [7, 11) is 1.35. The minimum absolute atomic E-state index is 0.488. The highest BCUT2D eigenvalue weighted by Gasteiger charge is 2.43. The van der Waals surface area contributed by atoms with Crippen molar-refractivity contribution in [3.05, 3.63) is 0 Å². The van der Waals surface area contributed by atoms with Gasteiger partial charge in [-0.25, -0.2) is 0 Å². The molecule has 1 saturated heterocycles. The van der Waals surface area contributed by atoms with Crippen molar-refractivity contribution in [1.82, 2.24) is 0 Å². The molecule has 1 radical (unpaired) electrons. The van der Waals surface area contributed by atoms with Gasteiger partial charge in [0.2, 0.25) is 9.04 Å². The summed E-state index contributed by atoms with van der Waals surface area (Å²) in [5, 5.41) is 0. The average molecular weight is 185 g/mol. The molecule has 2 nitrogen and oxygen atoms in total. The minimum atomic E-state index is -0.488. The third kappa shape index (κ3) is 1.89. The van der Waals surface area contributed by atoms with E-state index in [1.807, 2.05) is 7.11 Å². The summed E-state index contributed by atoms with van der Waals surface area (Å²) in [4.78, 5) is 0. The van der Waals surface area contributed by atoms with Crippen LogP contribution in [0.1, 0.15) is 19.3 Å². The molecular weight excluding hydrogens is 168 g/mol. The Labute approximate surface area is 76.0 Å². The quantitative estimate of drug-likeness (QED) is 0.494. The Balaban J connectivity index is 1.73. The first-order valence-corrected chi connectivity index (χ1v) is 6.93. The summed E-state index contributed by atoms with van der Waals surface area (Å²) in [5.41, 5.74) is 0. The normalized spacial score (nSPS) is 39.8. The molecule has 3 atom stereocenters. The van der Waals surface area contributed by atoms with E-state index in [4.69, 9.17) is 9.16 Å². The molecule has 0 aromatic heterocycles. The van der Waals surface area contributed by atoms with Gasteiger partial charge >= 0.3 is 0 Å². The molecule has 2 rings (SSSR count). The Morgan fingerprint density at radius 3 is 2.92 bits per heavy atom. The van der Waals surface area contributed by atoms with Crippen LogP contribution in [0.5, 0.6) is 0 Å². The third-order valence-electron chi connectivity index (χ3n) is 3.04. The van der Waals surface area contributed by atoms with Gasteiger partial charge in [-0.15, -0.1) is 0 Å². The number of fused-ring (bicyclic) bond motifs is 1. The van der Waals surface area contributed by atoms with Crippen molar-refractivity contribution in [3.8, 4) is 0 Å². The number of hydrogen-bond donors (Lipinski definition) is 0. The Hall–Kier alpha value is 0.137. The van der Waals surface area contributed by atoms with E-state index in [9.17, 15) is 0 Å². The standard InChI is InChI=1S/C9H17O2Si/c1-10-12(2)6-7-3-4-8-9(5-7)11-8/h7-9H,3-6H2,1-2H3. The summed E-state index contributed by atoms with van der Waals surface area (Å²) >= 11 is 0. The van der Waals surface area contributed by atoms with E-state index in [-0.39, 0.29) is 0 Å². The molecule has 3 unspecified atom stereocenters. The minimum Gasteiger partial charge on any atom is -0.420 e. The van der Waals surface area contributed by atoms with E-state index in [0.29, 0.717) is 12.2 Å². The monoisotopic (exact) mass is 185 g/mol. The van der Waals surface area contributed by atoms with Crippen LogP contribution >= 0.6 is 0 Å². The van der Waals surface area contributed by atoms with E-state index in [1.165, 1.54) is 25.3 Å². The molecule has 1 saturated carbocycles. The molecule has 3 heteroatoms. The van der Waals surface area contributed by atoms with Crippen LogP contribution in [0.2, 0.25) is 12.6 Å². The van der Waals surface area contributed by atoms with Crippen molar-refractivity contribution < 1.29 is 9.16 Å². The molecule has 69 valence electrons. The second-order valence-corrected chi connectivity index (χ2v) is 6.22. The van der Waals surface area contributed by atoms with Gasteiger partial charge in [0.05, 0.1) is 12.2 Å².